The molecule has 0 aliphatic rings. The average Bonchev–Trinajstić information content (AvgIpc) is 2.02. The van der Waals surface area contributed by atoms with Crippen LogP contribution < -0.4 is 0 Å². The number of halogens is 4. The summed E-state index contributed by atoms with van der Waals surface area (Å²) in [5.41, 5.74) is 0. The monoisotopic (exact) mass is 301 g/mol. The van der Waals surface area contributed by atoms with Crippen molar-refractivity contribution < 1.29 is 13.6 Å². The molecule has 0 heterocycles. The number of alkyl halides is 4. The molecule has 0 spiro atoms. The lowest BCUT2D eigenvalue weighted by Crippen LogP contribution is -2.24. The quantitative estimate of drug-likeness (QED) is 0.548. The number of hydrogen-bond donors (Lipinski definition) is 0. The predicted molar refractivity (Wildman–Crippen MR) is 59.7 cm³/mol. The first-order valence-corrected chi connectivity index (χ1v) is 6.50. The van der Waals surface area contributed by atoms with Gasteiger partial charge in [-0.05, 0) is 13.8 Å². The molecule has 3 nitrogen and oxygen atoms in total. The zero-order chi connectivity index (χ0) is 11.4. The fraction of sp³-hybridized carbons (Fsp3) is 1.00. The van der Waals surface area contributed by atoms with Gasteiger partial charge in [0.25, 0.3) is 0 Å². The van der Waals surface area contributed by atoms with Gasteiger partial charge in [-0.15, -0.1) is 23.2 Å². The van der Waals surface area contributed by atoms with Crippen molar-refractivity contribution in [2.75, 3.05) is 11.8 Å². The topological polar surface area (TPSA) is 35.5 Å². The summed E-state index contributed by atoms with van der Waals surface area (Å²) in [5, 5.41) is -2.48. The highest BCUT2D eigenvalue weighted by atomic mass is 35.5. The maximum Gasteiger partial charge on any atom is 0.701 e. The Bertz CT molecular complexity index is 189. The molecule has 0 rings (SSSR count). The molecule has 14 heavy (non-hydrogen) atoms. The molecule has 0 aliphatic heterocycles. The maximum absolute atomic E-state index is 11.2. The Labute approximate surface area is 104 Å². The van der Waals surface area contributed by atoms with E-state index in [-0.39, 0.29) is 11.8 Å². The van der Waals surface area contributed by atoms with E-state index in [0.717, 1.165) is 0 Å². The normalized spacial score (nSPS) is 21.1. The number of rotatable bonds is 6. The molecule has 0 N–H and O–H groups in total. The molecule has 2 unspecified atom stereocenters. The van der Waals surface area contributed by atoms with E-state index in [1.807, 2.05) is 0 Å². The summed E-state index contributed by atoms with van der Waals surface area (Å²) in [6.45, 7) is 2.93. The van der Waals surface area contributed by atoms with Crippen molar-refractivity contribution in [3.8, 4) is 0 Å². The fourth-order valence-corrected chi connectivity index (χ4v) is 1.77. The van der Waals surface area contributed by atoms with E-state index in [1.165, 1.54) is 13.8 Å². The zero-order valence-electron chi connectivity index (χ0n) is 7.60. The van der Waals surface area contributed by atoms with E-state index in [2.05, 4.69) is 0 Å². The van der Waals surface area contributed by atoms with Crippen molar-refractivity contribution in [1.82, 2.24) is 0 Å². The van der Waals surface area contributed by atoms with Crippen molar-refractivity contribution in [1.29, 1.82) is 0 Å². The van der Waals surface area contributed by atoms with Gasteiger partial charge in [0, 0.05) is 4.57 Å². The first kappa shape index (κ1) is 15.2. The fourth-order valence-electron chi connectivity index (χ4n) is 0.378. The molecule has 0 aromatic heterocycles. The zero-order valence-corrected chi connectivity index (χ0v) is 11.5. The Kier molecular flexibility index (Phi) is 6.56. The van der Waals surface area contributed by atoms with E-state index in [1.54, 1.807) is 0 Å². The third kappa shape index (κ3) is 6.62. The largest absolute Gasteiger partial charge is 0.701 e. The molecule has 0 aromatic carbocycles. The molecule has 0 saturated carbocycles. The molecule has 84 valence electrons. The molecular formula is C6H10Cl4O3P+. The summed E-state index contributed by atoms with van der Waals surface area (Å²) in [5.74, 6) is -0.0578. The minimum absolute atomic E-state index is 0.0289. The van der Waals surface area contributed by atoms with Gasteiger partial charge in [0.2, 0.25) is 10.1 Å². The Morgan fingerprint density at radius 1 is 1.07 bits per heavy atom. The minimum Gasteiger partial charge on any atom is -0.122 e. The first-order chi connectivity index (χ1) is 6.22. The number of hydrogen-bond acceptors (Lipinski definition) is 3. The van der Waals surface area contributed by atoms with Crippen molar-refractivity contribution in [2.24, 2.45) is 0 Å². The van der Waals surface area contributed by atoms with Crippen LogP contribution in [0, 0.1) is 0 Å². The molecule has 0 radical (unpaired) electrons. The summed E-state index contributed by atoms with van der Waals surface area (Å²) >= 11 is 22.3. The molecule has 0 fully saturated rings. The molecule has 0 bridgehead atoms. The Morgan fingerprint density at radius 3 is 1.57 bits per heavy atom. The van der Waals surface area contributed by atoms with Gasteiger partial charge in [0.05, 0.1) is 11.8 Å². The predicted octanol–water partition coefficient (Wildman–Crippen LogP) is 4.06. The lowest BCUT2D eigenvalue weighted by molar-refractivity contribution is 0.125. The van der Waals surface area contributed by atoms with Crippen LogP contribution in [0.5, 0.6) is 0 Å². The van der Waals surface area contributed by atoms with Crippen LogP contribution in [0.2, 0.25) is 0 Å². The molecule has 0 aromatic rings. The van der Waals surface area contributed by atoms with Gasteiger partial charge < -0.3 is 0 Å². The minimum atomic E-state index is -2.45. The molecule has 0 amide bonds. The Balaban J connectivity index is 4.12. The van der Waals surface area contributed by atoms with Gasteiger partial charge in [-0.3, -0.25) is 0 Å². The standard InChI is InChI=1S/C6H10Cl4O3P/c1-5(9,3-7)12-14(11)13-6(2,10)4-8/h3-4H2,1-2H3/q+1. The van der Waals surface area contributed by atoms with Crippen LogP contribution in [0.3, 0.4) is 0 Å². The van der Waals surface area contributed by atoms with E-state index in [9.17, 15) is 4.57 Å². The van der Waals surface area contributed by atoms with Gasteiger partial charge >= 0.3 is 8.25 Å². The SMILES string of the molecule is CC(Cl)(CCl)O[P+](=O)OC(C)(Cl)CCl. The smallest absolute Gasteiger partial charge is 0.122 e. The summed E-state index contributed by atoms with van der Waals surface area (Å²) in [4.78, 5) is 0. The summed E-state index contributed by atoms with van der Waals surface area (Å²) in [6, 6.07) is 0. The van der Waals surface area contributed by atoms with Gasteiger partial charge in [0.1, 0.15) is 0 Å². The highest BCUT2D eigenvalue weighted by molar-refractivity contribution is 7.33. The van der Waals surface area contributed by atoms with Crippen LogP contribution in [0.4, 0.5) is 0 Å². The van der Waals surface area contributed by atoms with Gasteiger partial charge in [-0.25, -0.2) is 0 Å². The third-order valence-corrected chi connectivity index (χ3v) is 4.04. The molecule has 8 heteroatoms. The van der Waals surface area contributed by atoms with E-state index in [4.69, 9.17) is 55.5 Å². The first-order valence-electron chi connectivity index (χ1n) is 3.58. The van der Waals surface area contributed by atoms with E-state index >= 15 is 0 Å². The van der Waals surface area contributed by atoms with Crippen LogP contribution in [0.25, 0.3) is 0 Å². The average molecular weight is 303 g/mol. The highest BCUT2D eigenvalue weighted by Crippen LogP contribution is 2.39. The second-order valence-corrected chi connectivity index (χ2v) is 5.82. The summed E-state index contributed by atoms with van der Waals surface area (Å²) in [7, 11) is -2.45. The lowest BCUT2D eigenvalue weighted by atomic mass is 10.5. The van der Waals surface area contributed by atoms with Crippen LogP contribution in [-0.4, -0.2) is 21.9 Å². The second kappa shape index (κ2) is 6.05. The third-order valence-electron chi connectivity index (χ3n) is 1.01. The Hall–Kier alpha value is 1.18. The molecule has 0 aliphatic carbocycles. The van der Waals surface area contributed by atoms with E-state index < -0.39 is 18.4 Å². The lowest BCUT2D eigenvalue weighted by Gasteiger charge is -2.13. The van der Waals surface area contributed by atoms with E-state index in [0.29, 0.717) is 0 Å². The van der Waals surface area contributed by atoms with Crippen LogP contribution >= 0.6 is 54.7 Å². The maximum atomic E-state index is 11.2. The van der Waals surface area contributed by atoms with Gasteiger partial charge in [-0.2, -0.15) is 0 Å². The van der Waals surface area contributed by atoms with Crippen molar-refractivity contribution >= 4 is 54.7 Å². The Morgan fingerprint density at radius 2 is 1.36 bits per heavy atom. The van der Waals surface area contributed by atoms with Crippen LogP contribution in [0.15, 0.2) is 0 Å². The second-order valence-electron chi connectivity index (χ2n) is 2.88. The van der Waals surface area contributed by atoms with Crippen LogP contribution in [0.1, 0.15) is 13.8 Å². The van der Waals surface area contributed by atoms with Crippen molar-refractivity contribution in [2.45, 2.75) is 24.0 Å². The van der Waals surface area contributed by atoms with Gasteiger partial charge in [-0.1, -0.05) is 32.2 Å². The molecular weight excluding hydrogens is 293 g/mol. The van der Waals surface area contributed by atoms with Crippen molar-refractivity contribution in [3.05, 3.63) is 0 Å². The van der Waals surface area contributed by atoms with Gasteiger partial charge in [0.15, 0.2) is 0 Å². The summed E-state index contributed by atoms with van der Waals surface area (Å²) in [6.07, 6.45) is 0. The molecule has 0 saturated heterocycles. The van der Waals surface area contributed by atoms with Crippen LogP contribution in [-0.2, 0) is 13.6 Å². The highest BCUT2D eigenvalue weighted by Gasteiger charge is 2.41. The molecule has 2 atom stereocenters. The summed E-state index contributed by atoms with van der Waals surface area (Å²) < 4.78 is 20.8. The van der Waals surface area contributed by atoms with Crippen molar-refractivity contribution in [3.63, 3.8) is 0 Å².